The van der Waals surface area contributed by atoms with Crippen LogP contribution < -0.4 is 0 Å². The Morgan fingerprint density at radius 2 is 2.00 bits per heavy atom. The lowest BCUT2D eigenvalue weighted by atomic mass is 10.2. The quantitative estimate of drug-likeness (QED) is 0.795. The Balaban J connectivity index is 2.22. The summed E-state index contributed by atoms with van der Waals surface area (Å²) in [4.78, 5) is 0. The van der Waals surface area contributed by atoms with Crippen LogP contribution in [0.2, 0.25) is 0 Å². The minimum absolute atomic E-state index is 0.471. The van der Waals surface area contributed by atoms with E-state index < -0.39 is 0 Å². The monoisotopic (exact) mass is 234 g/mol. The molecule has 0 spiro atoms. The molecule has 1 aromatic rings. The molecule has 0 N–H and O–H groups in total. The van der Waals surface area contributed by atoms with Gasteiger partial charge >= 0.3 is 0 Å². The van der Waals surface area contributed by atoms with Gasteiger partial charge in [-0.15, -0.1) is 0 Å². The van der Waals surface area contributed by atoms with Crippen LogP contribution in [0.15, 0.2) is 35.4 Å². The summed E-state index contributed by atoms with van der Waals surface area (Å²) in [5.41, 5.74) is 1.23. The second-order valence-electron chi connectivity index (χ2n) is 4.23. The van der Waals surface area contributed by atoms with Crippen molar-refractivity contribution in [3.05, 3.63) is 35.9 Å². The lowest BCUT2D eigenvalue weighted by Crippen LogP contribution is -2.30. The van der Waals surface area contributed by atoms with Gasteiger partial charge in [-0.3, -0.25) is 5.01 Å². The molecule has 0 aromatic heterocycles. The summed E-state index contributed by atoms with van der Waals surface area (Å²) in [5.74, 6) is 0. The zero-order valence-corrected chi connectivity index (χ0v) is 10.9. The van der Waals surface area contributed by atoms with E-state index in [0.717, 1.165) is 11.5 Å². The van der Waals surface area contributed by atoms with Crippen LogP contribution in [0.25, 0.3) is 0 Å². The van der Waals surface area contributed by atoms with Gasteiger partial charge in [0.1, 0.15) is 5.04 Å². The molecular weight excluding hydrogens is 216 g/mol. The molecule has 0 saturated carbocycles. The number of hydrogen-bond donors (Lipinski definition) is 0. The minimum atomic E-state index is 0.471. The molecule has 0 bridgehead atoms. The van der Waals surface area contributed by atoms with Crippen LogP contribution in [-0.2, 0) is 0 Å². The van der Waals surface area contributed by atoms with Crippen LogP contribution in [0.1, 0.15) is 32.8 Å². The van der Waals surface area contributed by atoms with E-state index in [1.165, 1.54) is 5.56 Å². The number of nitrogens with zero attached hydrogens (tertiary/aromatic N) is 2. The van der Waals surface area contributed by atoms with Crippen molar-refractivity contribution in [2.75, 3.05) is 0 Å². The molecule has 2 nitrogen and oxygen atoms in total. The van der Waals surface area contributed by atoms with Crippen molar-refractivity contribution in [1.29, 1.82) is 0 Å². The average molecular weight is 234 g/mol. The second kappa shape index (κ2) is 4.91. The third-order valence-corrected chi connectivity index (χ3v) is 4.01. The van der Waals surface area contributed by atoms with Gasteiger partial charge in [0, 0.05) is 11.6 Å². The highest BCUT2D eigenvalue weighted by Gasteiger charge is 2.28. The second-order valence-corrected chi connectivity index (χ2v) is 5.39. The van der Waals surface area contributed by atoms with Gasteiger partial charge in [0.15, 0.2) is 0 Å². The first-order valence-electron chi connectivity index (χ1n) is 5.81. The average Bonchev–Trinajstić information content (AvgIpc) is 2.74. The molecule has 1 heterocycles. The van der Waals surface area contributed by atoms with E-state index in [0.29, 0.717) is 11.4 Å². The standard InChI is InChI=1S/C13H18N2S/c1-4-12-15(10(2)3)14-13(16-12)11-8-6-5-7-9-11/h5-10,12H,4H2,1-3H3. The van der Waals surface area contributed by atoms with Crippen molar-refractivity contribution in [2.45, 2.75) is 38.6 Å². The highest BCUT2D eigenvalue weighted by atomic mass is 32.2. The van der Waals surface area contributed by atoms with Crippen LogP contribution in [0, 0.1) is 0 Å². The van der Waals surface area contributed by atoms with Crippen LogP contribution in [-0.4, -0.2) is 21.5 Å². The van der Waals surface area contributed by atoms with Crippen LogP contribution in [0.5, 0.6) is 0 Å². The van der Waals surface area contributed by atoms with E-state index >= 15 is 0 Å². The maximum Gasteiger partial charge on any atom is 0.126 e. The third-order valence-electron chi connectivity index (χ3n) is 2.65. The Bertz CT molecular complexity index is 373. The molecule has 1 aromatic carbocycles. The summed E-state index contributed by atoms with van der Waals surface area (Å²) in [5, 5.41) is 8.59. The predicted octanol–water partition coefficient (Wildman–Crippen LogP) is 3.54. The molecule has 1 atom stereocenters. The Kier molecular flexibility index (Phi) is 3.54. The van der Waals surface area contributed by atoms with E-state index in [-0.39, 0.29) is 0 Å². The SMILES string of the molecule is CCC1SC(c2ccccc2)=NN1C(C)C. The summed E-state index contributed by atoms with van der Waals surface area (Å²) >= 11 is 1.88. The predicted molar refractivity (Wildman–Crippen MR) is 71.6 cm³/mol. The maximum absolute atomic E-state index is 4.72. The Morgan fingerprint density at radius 3 is 2.50 bits per heavy atom. The molecule has 16 heavy (non-hydrogen) atoms. The molecular formula is C13H18N2S. The van der Waals surface area contributed by atoms with Crippen molar-refractivity contribution >= 4 is 16.8 Å². The molecule has 86 valence electrons. The molecule has 0 radical (unpaired) electrons. The molecule has 0 amide bonds. The summed E-state index contributed by atoms with van der Waals surface area (Å²) in [6, 6.07) is 10.9. The first-order valence-corrected chi connectivity index (χ1v) is 6.69. The number of rotatable bonds is 3. The molecule has 3 heteroatoms. The molecule has 1 unspecified atom stereocenters. The minimum Gasteiger partial charge on any atom is -0.280 e. The van der Waals surface area contributed by atoms with E-state index in [1.807, 2.05) is 17.8 Å². The van der Waals surface area contributed by atoms with Gasteiger partial charge < -0.3 is 0 Å². The van der Waals surface area contributed by atoms with Gasteiger partial charge in [-0.25, -0.2) is 0 Å². The van der Waals surface area contributed by atoms with Gasteiger partial charge in [-0.2, -0.15) is 5.10 Å². The molecule has 1 aliphatic rings. The highest BCUT2D eigenvalue weighted by molar-refractivity contribution is 8.15. The van der Waals surface area contributed by atoms with Crippen LogP contribution in [0.3, 0.4) is 0 Å². The Morgan fingerprint density at radius 1 is 1.31 bits per heavy atom. The van der Waals surface area contributed by atoms with Crippen molar-refractivity contribution in [3.63, 3.8) is 0 Å². The van der Waals surface area contributed by atoms with Crippen molar-refractivity contribution in [3.8, 4) is 0 Å². The summed E-state index contributed by atoms with van der Waals surface area (Å²) in [7, 11) is 0. The highest BCUT2D eigenvalue weighted by Crippen LogP contribution is 2.32. The fraction of sp³-hybridized carbons (Fsp3) is 0.462. The van der Waals surface area contributed by atoms with Crippen molar-refractivity contribution in [2.24, 2.45) is 5.10 Å². The molecule has 0 saturated heterocycles. The van der Waals surface area contributed by atoms with Gasteiger partial charge in [0.25, 0.3) is 0 Å². The summed E-state index contributed by atoms with van der Waals surface area (Å²) < 4.78 is 0. The zero-order chi connectivity index (χ0) is 11.5. The third kappa shape index (κ3) is 2.24. The fourth-order valence-electron chi connectivity index (χ4n) is 1.80. The molecule has 1 aliphatic heterocycles. The largest absolute Gasteiger partial charge is 0.280 e. The topological polar surface area (TPSA) is 15.6 Å². The van der Waals surface area contributed by atoms with E-state index in [1.54, 1.807) is 0 Å². The van der Waals surface area contributed by atoms with E-state index in [2.05, 4.69) is 50.0 Å². The fourth-order valence-corrected chi connectivity index (χ4v) is 3.04. The van der Waals surface area contributed by atoms with Gasteiger partial charge in [-0.1, -0.05) is 49.0 Å². The molecule has 0 fully saturated rings. The summed E-state index contributed by atoms with van der Waals surface area (Å²) in [6.45, 7) is 6.61. The molecule has 2 rings (SSSR count). The number of hydrogen-bond acceptors (Lipinski definition) is 3. The smallest absolute Gasteiger partial charge is 0.126 e. The Hall–Kier alpha value is -0.960. The van der Waals surface area contributed by atoms with Gasteiger partial charge in [-0.05, 0) is 20.3 Å². The van der Waals surface area contributed by atoms with Crippen LogP contribution >= 0.6 is 11.8 Å². The zero-order valence-electron chi connectivity index (χ0n) is 10.1. The van der Waals surface area contributed by atoms with Gasteiger partial charge in [0.05, 0.1) is 5.37 Å². The lowest BCUT2D eigenvalue weighted by molar-refractivity contribution is 0.218. The maximum atomic E-state index is 4.72. The van der Waals surface area contributed by atoms with Crippen LogP contribution in [0.4, 0.5) is 0 Å². The number of hydrazone groups is 1. The Labute approximate surface area is 102 Å². The first-order chi connectivity index (χ1) is 7.72. The van der Waals surface area contributed by atoms with Gasteiger partial charge in [0.2, 0.25) is 0 Å². The summed E-state index contributed by atoms with van der Waals surface area (Å²) in [6.07, 6.45) is 1.13. The van der Waals surface area contributed by atoms with Crippen molar-refractivity contribution in [1.82, 2.24) is 5.01 Å². The lowest BCUT2D eigenvalue weighted by Gasteiger charge is -2.24. The normalized spacial score (nSPS) is 20.4. The first kappa shape index (κ1) is 11.5. The number of thioether (sulfide) groups is 1. The van der Waals surface area contributed by atoms with Crippen molar-refractivity contribution < 1.29 is 0 Å². The number of benzene rings is 1. The van der Waals surface area contributed by atoms with E-state index in [9.17, 15) is 0 Å². The molecule has 0 aliphatic carbocycles. The van der Waals surface area contributed by atoms with E-state index in [4.69, 9.17) is 5.10 Å².